The highest BCUT2D eigenvalue weighted by Gasteiger charge is 2.09. The highest BCUT2D eigenvalue weighted by Crippen LogP contribution is 2.26. The highest BCUT2D eigenvalue weighted by molar-refractivity contribution is 9.10. The van der Waals surface area contributed by atoms with Gasteiger partial charge in [-0.3, -0.25) is 0 Å². The highest BCUT2D eigenvalue weighted by atomic mass is 79.9. The molecule has 2 aromatic carbocycles. The minimum Gasteiger partial charge on any atom is -0.387 e. The monoisotopic (exact) mass is 359 g/mol. The van der Waals surface area contributed by atoms with Gasteiger partial charge in [-0.15, -0.1) is 0 Å². The third-order valence-electron chi connectivity index (χ3n) is 2.65. The molecule has 0 aliphatic heterocycles. The summed E-state index contributed by atoms with van der Waals surface area (Å²) in [5.74, 6) is 0. The quantitative estimate of drug-likeness (QED) is 0.812. The number of rotatable bonds is 4. The Balaban J connectivity index is 2.04. The summed E-state index contributed by atoms with van der Waals surface area (Å²) in [7, 11) is 0. The lowest BCUT2D eigenvalue weighted by Crippen LogP contribution is -2.12. The van der Waals surface area contributed by atoms with E-state index in [-0.39, 0.29) is 0 Å². The predicted molar refractivity (Wildman–Crippen MR) is 84.1 cm³/mol. The standard InChI is InChI=1S/C14H12BrCl2NO/c15-10-3-1-2-9(6-10)14(19)8-18-13-7-11(16)4-5-12(13)17/h1-7,14,18-19H,8H2. The Morgan fingerprint density at radius 3 is 2.68 bits per heavy atom. The number of aliphatic hydroxyl groups is 1. The molecule has 0 saturated heterocycles. The van der Waals surface area contributed by atoms with Gasteiger partial charge >= 0.3 is 0 Å². The molecule has 2 rings (SSSR count). The lowest BCUT2D eigenvalue weighted by Gasteiger charge is -2.14. The lowest BCUT2D eigenvalue weighted by molar-refractivity contribution is 0.191. The molecule has 0 radical (unpaired) electrons. The SMILES string of the molecule is OC(CNc1cc(Cl)ccc1Cl)c1cccc(Br)c1. The molecule has 1 unspecified atom stereocenters. The first-order chi connectivity index (χ1) is 9.06. The largest absolute Gasteiger partial charge is 0.387 e. The van der Waals surface area contributed by atoms with E-state index in [1.54, 1.807) is 18.2 Å². The van der Waals surface area contributed by atoms with Gasteiger partial charge in [0, 0.05) is 16.0 Å². The van der Waals surface area contributed by atoms with Gasteiger partial charge in [0.25, 0.3) is 0 Å². The molecule has 0 saturated carbocycles. The van der Waals surface area contributed by atoms with Crippen LogP contribution in [0.1, 0.15) is 11.7 Å². The summed E-state index contributed by atoms with van der Waals surface area (Å²) in [5, 5.41) is 14.4. The summed E-state index contributed by atoms with van der Waals surface area (Å²) in [6.07, 6.45) is -0.618. The molecule has 0 heterocycles. The molecule has 19 heavy (non-hydrogen) atoms. The zero-order valence-electron chi connectivity index (χ0n) is 9.91. The molecule has 0 fully saturated rings. The van der Waals surface area contributed by atoms with Gasteiger partial charge in [-0.25, -0.2) is 0 Å². The van der Waals surface area contributed by atoms with Crippen LogP contribution in [0.15, 0.2) is 46.9 Å². The molecule has 1 atom stereocenters. The molecule has 2 nitrogen and oxygen atoms in total. The van der Waals surface area contributed by atoms with Crippen LogP contribution >= 0.6 is 39.1 Å². The molecule has 0 aliphatic carbocycles. The topological polar surface area (TPSA) is 32.3 Å². The number of halogens is 3. The first kappa shape index (κ1) is 14.7. The number of anilines is 1. The fourth-order valence-electron chi connectivity index (χ4n) is 1.67. The Labute approximate surface area is 130 Å². The van der Waals surface area contributed by atoms with Crippen LogP contribution < -0.4 is 5.32 Å². The summed E-state index contributed by atoms with van der Waals surface area (Å²) < 4.78 is 0.935. The van der Waals surface area contributed by atoms with Crippen LogP contribution in [-0.4, -0.2) is 11.7 Å². The maximum absolute atomic E-state index is 10.1. The van der Waals surface area contributed by atoms with E-state index in [2.05, 4.69) is 21.2 Å². The summed E-state index contributed by atoms with van der Waals surface area (Å²) in [5.41, 5.74) is 1.54. The number of hydrogen-bond acceptors (Lipinski definition) is 2. The summed E-state index contributed by atoms with van der Waals surface area (Å²) >= 11 is 15.3. The van der Waals surface area contributed by atoms with Crippen molar-refractivity contribution in [2.24, 2.45) is 0 Å². The summed E-state index contributed by atoms with van der Waals surface area (Å²) in [6, 6.07) is 12.7. The van der Waals surface area contributed by atoms with Gasteiger partial charge in [0.15, 0.2) is 0 Å². The first-order valence-electron chi connectivity index (χ1n) is 5.69. The van der Waals surface area contributed by atoms with Gasteiger partial charge < -0.3 is 10.4 Å². The van der Waals surface area contributed by atoms with Crippen LogP contribution in [0.3, 0.4) is 0 Å². The maximum Gasteiger partial charge on any atom is 0.0962 e. The van der Waals surface area contributed by atoms with E-state index in [9.17, 15) is 5.11 Å². The number of aliphatic hydroxyl groups excluding tert-OH is 1. The Morgan fingerprint density at radius 2 is 1.95 bits per heavy atom. The van der Waals surface area contributed by atoms with Crippen LogP contribution in [0.25, 0.3) is 0 Å². The molecular formula is C14H12BrCl2NO. The first-order valence-corrected chi connectivity index (χ1v) is 7.23. The van der Waals surface area contributed by atoms with E-state index in [1.807, 2.05) is 24.3 Å². The fraction of sp³-hybridized carbons (Fsp3) is 0.143. The van der Waals surface area contributed by atoms with Crippen molar-refractivity contribution < 1.29 is 5.11 Å². The number of benzene rings is 2. The molecule has 0 aromatic heterocycles. The van der Waals surface area contributed by atoms with Crippen molar-refractivity contribution >= 4 is 44.8 Å². The van der Waals surface area contributed by atoms with Gasteiger partial charge in [0.1, 0.15) is 0 Å². The van der Waals surface area contributed by atoms with E-state index in [1.165, 1.54) is 0 Å². The van der Waals surface area contributed by atoms with Gasteiger partial charge in [0.05, 0.1) is 16.8 Å². The average Bonchev–Trinajstić information content (AvgIpc) is 2.39. The second kappa shape index (κ2) is 6.62. The summed E-state index contributed by atoms with van der Waals surface area (Å²) in [6.45, 7) is 0.358. The fourth-order valence-corrected chi connectivity index (χ4v) is 2.44. The minimum atomic E-state index is -0.618. The van der Waals surface area contributed by atoms with E-state index in [0.29, 0.717) is 22.3 Å². The zero-order chi connectivity index (χ0) is 13.8. The van der Waals surface area contributed by atoms with Crippen LogP contribution in [0, 0.1) is 0 Å². The minimum absolute atomic E-state index is 0.358. The van der Waals surface area contributed by atoms with Gasteiger partial charge in [0.2, 0.25) is 0 Å². The van der Waals surface area contributed by atoms with Crippen LogP contribution in [0.2, 0.25) is 10.0 Å². The van der Waals surface area contributed by atoms with Crippen molar-refractivity contribution in [3.8, 4) is 0 Å². The normalized spacial score (nSPS) is 12.2. The number of hydrogen-bond donors (Lipinski definition) is 2. The Morgan fingerprint density at radius 1 is 1.16 bits per heavy atom. The van der Waals surface area contributed by atoms with Crippen LogP contribution in [0.5, 0.6) is 0 Å². The Kier molecular flexibility index (Phi) is 5.11. The molecule has 0 bridgehead atoms. The average molecular weight is 361 g/mol. The predicted octanol–water partition coefficient (Wildman–Crippen LogP) is 4.90. The zero-order valence-corrected chi connectivity index (χ0v) is 13.0. The van der Waals surface area contributed by atoms with Crippen molar-refractivity contribution in [1.29, 1.82) is 0 Å². The molecule has 2 aromatic rings. The third-order valence-corrected chi connectivity index (χ3v) is 3.71. The number of nitrogens with one attached hydrogen (secondary N) is 1. The Bertz CT molecular complexity index is 577. The van der Waals surface area contributed by atoms with E-state index >= 15 is 0 Å². The van der Waals surface area contributed by atoms with Gasteiger partial charge in [-0.05, 0) is 35.9 Å². The van der Waals surface area contributed by atoms with Crippen molar-refractivity contribution in [3.05, 3.63) is 62.5 Å². The van der Waals surface area contributed by atoms with Gasteiger partial charge in [-0.1, -0.05) is 51.3 Å². The van der Waals surface area contributed by atoms with Gasteiger partial charge in [-0.2, -0.15) is 0 Å². The van der Waals surface area contributed by atoms with E-state index in [0.717, 1.165) is 10.0 Å². The maximum atomic E-state index is 10.1. The van der Waals surface area contributed by atoms with Crippen molar-refractivity contribution in [2.75, 3.05) is 11.9 Å². The van der Waals surface area contributed by atoms with Crippen molar-refractivity contribution in [1.82, 2.24) is 0 Å². The second-order valence-corrected chi connectivity index (χ2v) is 5.84. The molecule has 0 spiro atoms. The molecule has 2 N–H and O–H groups in total. The van der Waals surface area contributed by atoms with Crippen molar-refractivity contribution in [3.63, 3.8) is 0 Å². The molecule has 0 aliphatic rings. The lowest BCUT2D eigenvalue weighted by atomic mass is 10.1. The van der Waals surface area contributed by atoms with Crippen molar-refractivity contribution in [2.45, 2.75) is 6.10 Å². The summed E-state index contributed by atoms with van der Waals surface area (Å²) in [4.78, 5) is 0. The van der Waals surface area contributed by atoms with E-state index < -0.39 is 6.10 Å². The molecule has 0 amide bonds. The molecule has 5 heteroatoms. The third kappa shape index (κ3) is 4.11. The second-order valence-electron chi connectivity index (χ2n) is 4.08. The molecule has 100 valence electrons. The Hall–Kier alpha value is -0.740. The van der Waals surface area contributed by atoms with Crippen LogP contribution in [-0.2, 0) is 0 Å². The smallest absolute Gasteiger partial charge is 0.0962 e. The van der Waals surface area contributed by atoms with Crippen LogP contribution in [0.4, 0.5) is 5.69 Å². The molecular weight excluding hydrogens is 349 g/mol. The van der Waals surface area contributed by atoms with E-state index in [4.69, 9.17) is 23.2 Å².